The molecule has 0 spiro atoms. The van der Waals surface area contributed by atoms with Gasteiger partial charge in [0, 0.05) is 29.3 Å². The molecule has 0 unspecified atom stereocenters. The lowest BCUT2D eigenvalue weighted by atomic mass is 10.1. The van der Waals surface area contributed by atoms with E-state index in [0.29, 0.717) is 17.1 Å². The van der Waals surface area contributed by atoms with E-state index in [4.69, 9.17) is 4.42 Å². The molecule has 1 amide bonds. The summed E-state index contributed by atoms with van der Waals surface area (Å²) in [5, 5.41) is 25.4. The van der Waals surface area contributed by atoms with Crippen molar-refractivity contribution in [1.82, 2.24) is 5.43 Å². The minimum Gasteiger partial charge on any atom is -0.455 e. The number of furan rings is 1. The molecule has 29 heavy (non-hydrogen) atoms. The molecule has 0 atom stereocenters. The Kier molecular flexibility index (Phi) is 5.74. The quantitative estimate of drug-likeness (QED) is 0.369. The molecule has 1 heterocycles. The van der Waals surface area contributed by atoms with E-state index in [-0.39, 0.29) is 23.4 Å². The molecule has 10 heteroatoms. The van der Waals surface area contributed by atoms with Gasteiger partial charge in [-0.25, -0.2) is 5.43 Å². The van der Waals surface area contributed by atoms with Crippen molar-refractivity contribution < 1.29 is 19.1 Å². The Bertz CT molecular complexity index is 1090. The zero-order valence-electron chi connectivity index (χ0n) is 14.8. The molecule has 0 aliphatic rings. The van der Waals surface area contributed by atoms with Crippen molar-refractivity contribution in [3.05, 3.63) is 92.2 Å². The van der Waals surface area contributed by atoms with Crippen molar-refractivity contribution >= 4 is 23.5 Å². The Labute approximate surface area is 163 Å². The smallest absolute Gasteiger partial charge is 0.273 e. The fourth-order valence-electron chi connectivity index (χ4n) is 2.54. The Hall–Kier alpha value is -4.34. The summed E-state index contributed by atoms with van der Waals surface area (Å²) < 4.78 is 5.56. The van der Waals surface area contributed by atoms with E-state index >= 15 is 0 Å². The third-order valence-corrected chi connectivity index (χ3v) is 3.91. The highest BCUT2D eigenvalue weighted by atomic mass is 16.6. The number of rotatable bonds is 7. The fourth-order valence-corrected chi connectivity index (χ4v) is 2.54. The van der Waals surface area contributed by atoms with Gasteiger partial charge in [0.05, 0.1) is 22.5 Å². The predicted molar refractivity (Wildman–Crippen MR) is 103 cm³/mol. The topological polar surface area (TPSA) is 141 Å². The maximum Gasteiger partial charge on any atom is 0.273 e. The average molecular weight is 394 g/mol. The summed E-state index contributed by atoms with van der Waals surface area (Å²) in [7, 11) is 0. The molecule has 1 N–H and O–H groups in total. The van der Waals surface area contributed by atoms with Crippen LogP contribution in [-0.4, -0.2) is 22.0 Å². The van der Waals surface area contributed by atoms with Gasteiger partial charge in [0.15, 0.2) is 0 Å². The molecular formula is C19H14N4O6. The summed E-state index contributed by atoms with van der Waals surface area (Å²) in [5.41, 5.74) is 3.06. The number of nitrogens with zero attached hydrogens (tertiary/aromatic N) is 3. The van der Waals surface area contributed by atoms with Crippen LogP contribution >= 0.6 is 0 Å². The monoisotopic (exact) mass is 394 g/mol. The molecule has 0 saturated heterocycles. The van der Waals surface area contributed by atoms with Gasteiger partial charge in [-0.2, -0.15) is 5.10 Å². The highest BCUT2D eigenvalue weighted by Crippen LogP contribution is 2.24. The van der Waals surface area contributed by atoms with Crippen LogP contribution in [0.5, 0.6) is 0 Å². The lowest BCUT2D eigenvalue weighted by Gasteiger charge is -2.01. The van der Waals surface area contributed by atoms with E-state index in [2.05, 4.69) is 10.5 Å². The summed E-state index contributed by atoms with van der Waals surface area (Å²) in [5.74, 6) is 0.314. The van der Waals surface area contributed by atoms with E-state index in [1.165, 1.54) is 36.5 Å². The minimum absolute atomic E-state index is 0.0246. The second kappa shape index (κ2) is 8.57. The first kappa shape index (κ1) is 19.4. The molecule has 10 nitrogen and oxygen atoms in total. The van der Waals surface area contributed by atoms with Gasteiger partial charge in [-0.1, -0.05) is 18.2 Å². The molecule has 0 fully saturated rings. The van der Waals surface area contributed by atoms with Crippen molar-refractivity contribution in [2.24, 2.45) is 5.10 Å². The van der Waals surface area contributed by atoms with Gasteiger partial charge in [-0.05, 0) is 24.3 Å². The van der Waals surface area contributed by atoms with Crippen molar-refractivity contribution in [1.29, 1.82) is 0 Å². The van der Waals surface area contributed by atoms with Gasteiger partial charge < -0.3 is 4.42 Å². The number of hydrogen-bond donors (Lipinski definition) is 1. The number of hydrazone groups is 1. The third kappa shape index (κ3) is 4.89. The molecule has 0 radical (unpaired) electrons. The number of nitro benzene ring substituents is 2. The molecule has 2 aromatic carbocycles. The molecule has 1 aromatic heterocycles. The van der Waals surface area contributed by atoms with Crippen LogP contribution in [0.25, 0.3) is 11.3 Å². The molecule has 146 valence electrons. The fraction of sp³-hybridized carbons (Fsp3) is 0.0526. The minimum atomic E-state index is -0.547. The Morgan fingerprint density at radius 2 is 1.72 bits per heavy atom. The third-order valence-electron chi connectivity index (χ3n) is 3.91. The number of amides is 1. The normalized spacial score (nSPS) is 10.8. The lowest BCUT2D eigenvalue weighted by Crippen LogP contribution is -2.20. The van der Waals surface area contributed by atoms with Crippen LogP contribution in [0, 0.1) is 20.2 Å². The van der Waals surface area contributed by atoms with Crippen LogP contribution < -0.4 is 5.43 Å². The second-order valence-electron chi connectivity index (χ2n) is 5.86. The van der Waals surface area contributed by atoms with Gasteiger partial charge in [0.1, 0.15) is 11.5 Å². The summed E-state index contributed by atoms with van der Waals surface area (Å²) >= 11 is 0. The van der Waals surface area contributed by atoms with Crippen LogP contribution in [0.1, 0.15) is 11.3 Å². The molecule has 0 aliphatic carbocycles. The molecule has 0 aliphatic heterocycles. The summed E-state index contributed by atoms with van der Waals surface area (Å²) in [4.78, 5) is 32.6. The standard InChI is InChI=1S/C19H14N4O6/c24-19(11-14-3-1-2-4-17(14)23(27)28)21-20-12-16-9-10-18(29-16)13-5-7-15(8-6-13)22(25)26/h1-10,12H,11H2,(H,21,24)/b20-12-. The van der Waals surface area contributed by atoms with Crippen LogP contribution in [0.3, 0.4) is 0 Å². The number of nitro groups is 2. The first-order valence-electron chi connectivity index (χ1n) is 8.33. The highest BCUT2D eigenvalue weighted by Gasteiger charge is 2.15. The van der Waals surface area contributed by atoms with Gasteiger partial charge in [-0.3, -0.25) is 25.0 Å². The Morgan fingerprint density at radius 3 is 2.41 bits per heavy atom. The van der Waals surface area contributed by atoms with E-state index in [0.717, 1.165) is 0 Å². The Balaban J connectivity index is 1.61. The van der Waals surface area contributed by atoms with E-state index < -0.39 is 15.8 Å². The number of hydrogen-bond acceptors (Lipinski definition) is 7. The maximum atomic E-state index is 12.0. The number of carbonyl (C=O) groups excluding carboxylic acids is 1. The van der Waals surface area contributed by atoms with E-state index in [1.807, 2.05) is 0 Å². The number of carbonyl (C=O) groups is 1. The maximum absolute atomic E-state index is 12.0. The van der Waals surface area contributed by atoms with E-state index in [9.17, 15) is 25.0 Å². The molecule has 3 rings (SSSR count). The first-order chi connectivity index (χ1) is 13.9. The SMILES string of the molecule is O=C(Cc1ccccc1[N+](=O)[O-])N/N=C\c1ccc(-c2ccc([N+](=O)[O-])cc2)o1. The highest BCUT2D eigenvalue weighted by molar-refractivity contribution is 5.82. The molecular weight excluding hydrogens is 380 g/mol. The van der Waals surface area contributed by atoms with Crippen molar-refractivity contribution in [2.75, 3.05) is 0 Å². The van der Waals surface area contributed by atoms with Gasteiger partial charge in [-0.15, -0.1) is 0 Å². The number of para-hydroxylation sites is 1. The predicted octanol–water partition coefficient (Wildman–Crippen LogP) is 3.46. The average Bonchev–Trinajstić information content (AvgIpc) is 3.17. The van der Waals surface area contributed by atoms with Crippen LogP contribution in [-0.2, 0) is 11.2 Å². The van der Waals surface area contributed by atoms with Crippen LogP contribution in [0.15, 0.2) is 70.2 Å². The number of non-ortho nitro benzene ring substituents is 1. The van der Waals surface area contributed by atoms with Crippen LogP contribution in [0.4, 0.5) is 11.4 Å². The van der Waals surface area contributed by atoms with E-state index in [1.54, 1.807) is 30.3 Å². The summed E-state index contributed by atoms with van der Waals surface area (Å²) in [6.07, 6.45) is 1.09. The van der Waals surface area contributed by atoms with Crippen molar-refractivity contribution in [3.8, 4) is 11.3 Å². The van der Waals surface area contributed by atoms with Gasteiger partial charge in [0.2, 0.25) is 5.91 Å². The van der Waals surface area contributed by atoms with Crippen molar-refractivity contribution in [2.45, 2.75) is 6.42 Å². The second-order valence-corrected chi connectivity index (χ2v) is 5.86. The number of nitrogens with one attached hydrogen (secondary N) is 1. The number of benzene rings is 2. The largest absolute Gasteiger partial charge is 0.455 e. The lowest BCUT2D eigenvalue weighted by molar-refractivity contribution is -0.385. The molecule has 3 aromatic rings. The van der Waals surface area contributed by atoms with Crippen molar-refractivity contribution in [3.63, 3.8) is 0 Å². The van der Waals surface area contributed by atoms with Gasteiger partial charge >= 0.3 is 0 Å². The molecule has 0 saturated carbocycles. The molecule has 0 bridgehead atoms. The first-order valence-corrected chi connectivity index (χ1v) is 8.33. The Morgan fingerprint density at radius 1 is 1.00 bits per heavy atom. The summed E-state index contributed by atoms with van der Waals surface area (Å²) in [6, 6.07) is 15.1. The van der Waals surface area contributed by atoms with Gasteiger partial charge in [0.25, 0.3) is 11.4 Å². The van der Waals surface area contributed by atoms with Crippen LogP contribution in [0.2, 0.25) is 0 Å². The summed E-state index contributed by atoms with van der Waals surface area (Å²) in [6.45, 7) is 0. The zero-order valence-corrected chi connectivity index (χ0v) is 14.8. The zero-order chi connectivity index (χ0) is 20.8.